The lowest BCUT2D eigenvalue weighted by Gasteiger charge is -2.16. The molecule has 0 bridgehead atoms. The van der Waals surface area contributed by atoms with E-state index in [1.165, 1.54) is 4.90 Å². The van der Waals surface area contributed by atoms with Crippen LogP contribution in [0.25, 0.3) is 0 Å². The molecule has 1 atom stereocenters. The maximum absolute atomic E-state index is 5.70. The lowest BCUT2D eigenvalue weighted by Crippen LogP contribution is -2.30. The standard InChI is InChI=1S/C14H21N5S/c1-3-8-19-14(16-10-17-19)9-13(18-15)11-4-6-12(20-2)7-5-11/h4-7,10,13,18H,3,8-9,15H2,1-2H3. The number of nitrogens with zero attached hydrogens (tertiary/aromatic N) is 3. The van der Waals surface area contributed by atoms with Gasteiger partial charge in [0, 0.05) is 17.9 Å². The summed E-state index contributed by atoms with van der Waals surface area (Å²) in [6.07, 6.45) is 5.45. The maximum atomic E-state index is 5.70. The first-order valence-corrected chi connectivity index (χ1v) is 7.97. The number of hydrogen-bond donors (Lipinski definition) is 2. The Labute approximate surface area is 123 Å². The molecule has 0 aliphatic rings. The number of aryl methyl sites for hydroxylation is 1. The van der Waals surface area contributed by atoms with Gasteiger partial charge in [-0.05, 0) is 30.4 Å². The molecule has 0 saturated heterocycles. The van der Waals surface area contributed by atoms with Crippen molar-refractivity contribution in [3.05, 3.63) is 42.0 Å². The van der Waals surface area contributed by atoms with Gasteiger partial charge in [0.05, 0.1) is 6.04 Å². The zero-order valence-electron chi connectivity index (χ0n) is 11.9. The minimum atomic E-state index is 0.0470. The molecule has 108 valence electrons. The summed E-state index contributed by atoms with van der Waals surface area (Å²) in [7, 11) is 0. The fraction of sp³-hybridized carbons (Fsp3) is 0.429. The number of hydrazine groups is 1. The van der Waals surface area contributed by atoms with Crippen molar-refractivity contribution < 1.29 is 0 Å². The van der Waals surface area contributed by atoms with Crippen molar-refractivity contribution in [3.8, 4) is 0 Å². The van der Waals surface area contributed by atoms with Crippen LogP contribution in [0.3, 0.4) is 0 Å². The summed E-state index contributed by atoms with van der Waals surface area (Å²) >= 11 is 1.73. The average molecular weight is 291 g/mol. The molecule has 2 rings (SSSR count). The maximum Gasteiger partial charge on any atom is 0.138 e. The Hall–Kier alpha value is -1.37. The van der Waals surface area contributed by atoms with Gasteiger partial charge in [0.2, 0.25) is 0 Å². The van der Waals surface area contributed by atoms with Crippen LogP contribution >= 0.6 is 11.8 Å². The highest BCUT2D eigenvalue weighted by molar-refractivity contribution is 7.98. The molecule has 0 aliphatic carbocycles. The second-order valence-electron chi connectivity index (χ2n) is 4.60. The van der Waals surface area contributed by atoms with E-state index >= 15 is 0 Å². The monoisotopic (exact) mass is 291 g/mol. The number of nitrogens with one attached hydrogen (secondary N) is 1. The third-order valence-corrected chi connectivity index (χ3v) is 3.98. The van der Waals surface area contributed by atoms with Gasteiger partial charge in [0.25, 0.3) is 0 Å². The molecule has 0 fully saturated rings. The van der Waals surface area contributed by atoms with Crippen molar-refractivity contribution in [2.24, 2.45) is 5.84 Å². The van der Waals surface area contributed by atoms with E-state index in [2.05, 4.69) is 53.0 Å². The van der Waals surface area contributed by atoms with Crippen LogP contribution in [-0.2, 0) is 13.0 Å². The Balaban J connectivity index is 2.13. The van der Waals surface area contributed by atoms with E-state index in [4.69, 9.17) is 5.84 Å². The molecular formula is C14H21N5S. The first kappa shape index (κ1) is 15.0. The van der Waals surface area contributed by atoms with E-state index in [-0.39, 0.29) is 6.04 Å². The van der Waals surface area contributed by atoms with Crippen LogP contribution in [0.4, 0.5) is 0 Å². The highest BCUT2D eigenvalue weighted by Gasteiger charge is 2.14. The minimum Gasteiger partial charge on any atom is -0.271 e. The lowest BCUT2D eigenvalue weighted by molar-refractivity contribution is 0.499. The molecule has 6 heteroatoms. The van der Waals surface area contributed by atoms with Gasteiger partial charge in [-0.15, -0.1) is 11.8 Å². The zero-order chi connectivity index (χ0) is 14.4. The van der Waals surface area contributed by atoms with Crippen LogP contribution in [0.1, 0.15) is 30.8 Å². The summed E-state index contributed by atoms with van der Waals surface area (Å²) in [5.41, 5.74) is 4.04. The number of benzene rings is 1. The van der Waals surface area contributed by atoms with Crippen LogP contribution in [0, 0.1) is 0 Å². The molecule has 0 radical (unpaired) electrons. The highest BCUT2D eigenvalue weighted by Crippen LogP contribution is 2.21. The van der Waals surface area contributed by atoms with Gasteiger partial charge in [-0.25, -0.2) is 4.98 Å². The first-order chi connectivity index (χ1) is 9.78. The molecule has 1 heterocycles. The third kappa shape index (κ3) is 3.59. The van der Waals surface area contributed by atoms with E-state index in [1.54, 1.807) is 18.1 Å². The Morgan fingerprint density at radius 3 is 2.70 bits per heavy atom. The fourth-order valence-corrected chi connectivity index (χ4v) is 2.54. The van der Waals surface area contributed by atoms with E-state index in [0.29, 0.717) is 0 Å². The van der Waals surface area contributed by atoms with Crippen molar-refractivity contribution >= 4 is 11.8 Å². The van der Waals surface area contributed by atoms with Gasteiger partial charge in [0.1, 0.15) is 12.2 Å². The molecule has 20 heavy (non-hydrogen) atoms. The van der Waals surface area contributed by atoms with Gasteiger partial charge in [-0.1, -0.05) is 19.1 Å². The Morgan fingerprint density at radius 1 is 1.35 bits per heavy atom. The summed E-state index contributed by atoms with van der Waals surface area (Å²) in [5.74, 6) is 6.67. The summed E-state index contributed by atoms with van der Waals surface area (Å²) < 4.78 is 1.95. The molecule has 0 spiro atoms. The largest absolute Gasteiger partial charge is 0.271 e. The molecule has 0 aliphatic heterocycles. The summed E-state index contributed by atoms with van der Waals surface area (Å²) in [6.45, 7) is 3.02. The minimum absolute atomic E-state index is 0.0470. The first-order valence-electron chi connectivity index (χ1n) is 6.75. The van der Waals surface area contributed by atoms with Gasteiger partial charge in [0.15, 0.2) is 0 Å². The summed E-state index contributed by atoms with van der Waals surface area (Å²) in [6, 6.07) is 8.49. The van der Waals surface area contributed by atoms with Gasteiger partial charge in [-0.2, -0.15) is 5.10 Å². The van der Waals surface area contributed by atoms with Crippen LogP contribution in [0.2, 0.25) is 0 Å². The quantitative estimate of drug-likeness (QED) is 0.465. The van der Waals surface area contributed by atoms with Crippen molar-refractivity contribution in [2.45, 2.75) is 37.2 Å². The molecule has 0 saturated carbocycles. The average Bonchev–Trinajstić information content (AvgIpc) is 2.92. The Morgan fingerprint density at radius 2 is 2.10 bits per heavy atom. The predicted molar refractivity (Wildman–Crippen MR) is 82.3 cm³/mol. The lowest BCUT2D eigenvalue weighted by atomic mass is 10.0. The van der Waals surface area contributed by atoms with E-state index in [1.807, 2.05) is 4.68 Å². The molecule has 2 aromatic rings. The van der Waals surface area contributed by atoms with E-state index in [9.17, 15) is 0 Å². The number of aromatic nitrogens is 3. The number of rotatable bonds is 7. The van der Waals surface area contributed by atoms with Crippen LogP contribution in [0.5, 0.6) is 0 Å². The van der Waals surface area contributed by atoms with Gasteiger partial charge >= 0.3 is 0 Å². The van der Waals surface area contributed by atoms with Gasteiger partial charge in [-0.3, -0.25) is 16.0 Å². The van der Waals surface area contributed by atoms with Crippen molar-refractivity contribution in [3.63, 3.8) is 0 Å². The SMILES string of the molecule is CCCn1ncnc1CC(NN)c1ccc(SC)cc1. The molecule has 1 aromatic heterocycles. The van der Waals surface area contributed by atoms with Crippen LogP contribution < -0.4 is 11.3 Å². The topological polar surface area (TPSA) is 68.8 Å². The number of thioether (sulfide) groups is 1. The Kier molecular flexibility index (Phi) is 5.58. The predicted octanol–water partition coefficient (Wildman–Crippen LogP) is 2.16. The summed E-state index contributed by atoms with van der Waals surface area (Å²) in [4.78, 5) is 5.58. The molecule has 3 N–H and O–H groups in total. The second-order valence-corrected chi connectivity index (χ2v) is 5.48. The second kappa shape index (κ2) is 7.42. The Bertz CT molecular complexity index is 523. The number of hydrogen-bond acceptors (Lipinski definition) is 5. The van der Waals surface area contributed by atoms with Gasteiger partial charge < -0.3 is 0 Å². The molecule has 5 nitrogen and oxygen atoms in total. The van der Waals surface area contributed by atoms with E-state index in [0.717, 1.165) is 30.8 Å². The van der Waals surface area contributed by atoms with Crippen LogP contribution in [0.15, 0.2) is 35.5 Å². The molecular weight excluding hydrogens is 270 g/mol. The smallest absolute Gasteiger partial charge is 0.138 e. The van der Waals surface area contributed by atoms with E-state index < -0.39 is 0 Å². The third-order valence-electron chi connectivity index (χ3n) is 3.24. The molecule has 1 aromatic carbocycles. The zero-order valence-corrected chi connectivity index (χ0v) is 12.7. The van der Waals surface area contributed by atoms with Crippen molar-refractivity contribution in [2.75, 3.05) is 6.26 Å². The number of nitrogens with two attached hydrogens (primary N) is 1. The summed E-state index contributed by atoms with van der Waals surface area (Å²) in [5, 5.41) is 4.25. The van der Waals surface area contributed by atoms with Crippen molar-refractivity contribution in [1.29, 1.82) is 0 Å². The van der Waals surface area contributed by atoms with Crippen LogP contribution in [-0.4, -0.2) is 21.0 Å². The van der Waals surface area contributed by atoms with Crippen molar-refractivity contribution in [1.82, 2.24) is 20.2 Å². The highest BCUT2D eigenvalue weighted by atomic mass is 32.2. The molecule has 1 unspecified atom stereocenters. The molecule has 0 amide bonds. The fourth-order valence-electron chi connectivity index (χ4n) is 2.14. The normalized spacial score (nSPS) is 12.6.